The molecule has 0 unspecified atom stereocenters. The second-order valence-corrected chi connectivity index (χ2v) is 5.44. The summed E-state index contributed by atoms with van der Waals surface area (Å²) < 4.78 is 5.05. The van der Waals surface area contributed by atoms with Gasteiger partial charge in [0, 0.05) is 11.4 Å². The third-order valence-corrected chi connectivity index (χ3v) is 3.95. The summed E-state index contributed by atoms with van der Waals surface area (Å²) in [5.41, 5.74) is 5.97. The average molecular weight is 278 g/mol. The van der Waals surface area contributed by atoms with Gasteiger partial charge in [0.1, 0.15) is 10.6 Å². The summed E-state index contributed by atoms with van der Waals surface area (Å²) in [5, 5.41) is 0.900. The Bertz CT molecular complexity index is 608. The van der Waals surface area contributed by atoms with Crippen LogP contribution in [0.1, 0.15) is 17.6 Å². The first kappa shape index (κ1) is 13.8. The van der Waals surface area contributed by atoms with Crippen LogP contribution in [0, 0.1) is 0 Å². The van der Waals surface area contributed by atoms with Gasteiger partial charge in [-0.25, -0.2) is 9.97 Å². The minimum Gasteiger partial charge on any atom is -0.493 e. The molecule has 2 N–H and O–H groups in total. The molecule has 5 nitrogen and oxygen atoms in total. The molecule has 0 amide bonds. The number of nitrogen functional groups attached to an aromatic ring is 1. The van der Waals surface area contributed by atoms with E-state index in [1.807, 2.05) is 0 Å². The fraction of sp³-hybridized carbons (Fsp3) is 0.385. The highest BCUT2D eigenvalue weighted by molar-refractivity contribution is 7.18. The van der Waals surface area contributed by atoms with E-state index in [0.717, 1.165) is 23.3 Å². The van der Waals surface area contributed by atoms with Crippen LogP contribution in [0.3, 0.4) is 0 Å². The molecule has 0 aromatic carbocycles. The van der Waals surface area contributed by atoms with Crippen LogP contribution in [0.15, 0.2) is 12.6 Å². The van der Waals surface area contributed by atoms with Crippen LogP contribution in [0.2, 0.25) is 0 Å². The molecule has 6 heteroatoms. The van der Waals surface area contributed by atoms with E-state index in [1.54, 1.807) is 18.4 Å². The number of ether oxygens (including phenoxy) is 1. The maximum absolute atomic E-state index is 5.97. The smallest absolute Gasteiger partial charge is 0.197 e. The first-order valence-corrected chi connectivity index (χ1v) is 6.84. The number of aromatic nitrogens is 2. The first-order valence-electron chi connectivity index (χ1n) is 6.02. The van der Waals surface area contributed by atoms with Crippen LogP contribution in [-0.4, -0.2) is 35.6 Å². The maximum atomic E-state index is 5.97. The molecule has 0 atom stereocenters. The predicted molar refractivity (Wildman–Crippen MR) is 79.9 cm³/mol. The summed E-state index contributed by atoms with van der Waals surface area (Å²) in [7, 11) is 3.62. The number of anilines is 1. The molecular formula is C13H18N4OS. The lowest BCUT2D eigenvalue weighted by atomic mass is 10.3. The number of hydrogen-bond acceptors (Lipinski definition) is 6. The van der Waals surface area contributed by atoms with E-state index >= 15 is 0 Å². The number of hydrogen-bond donors (Lipinski definition) is 1. The van der Waals surface area contributed by atoms with Gasteiger partial charge >= 0.3 is 0 Å². The van der Waals surface area contributed by atoms with Crippen molar-refractivity contribution in [3.8, 4) is 0 Å². The zero-order chi connectivity index (χ0) is 14.0. The van der Waals surface area contributed by atoms with E-state index in [4.69, 9.17) is 10.5 Å². The van der Waals surface area contributed by atoms with Crippen molar-refractivity contribution in [1.29, 1.82) is 0 Å². The van der Waals surface area contributed by atoms with E-state index < -0.39 is 0 Å². The normalized spacial score (nSPS) is 11.2. The molecule has 2 aromatic rings. The molecule has 0 spiro atoms. The van der Waals surface area contributed by atoms with Crippen LogP contribution in [0.5, 0.6) is 0 Å². The van der Waals surface area contributed by atoms with Gasteiger partial charge in [-0.3, -0.25) is 0 Å². The standard InChI is InChI=1S/C13H18N4OS/c1-5-17(3)7-9-6-10-11(14)15-12(8(2)18-4)16-13(10)19-9/h6H,2,5,7H2,1,3-4H3,(H2,14,15,16). The highest BCUT2D eigenvalue weighted by Crippen LogP contribution is 2.29. The quantitative estimate of drug-likeness (QED) is 0.850. The summed E-state index contributed by atoms with van der Waals surface area (Å²) in [6.45, 7) is 7.77. The van der Waals surface area contributed by atoms with Crippen molar-refractivity contribution in [1.82, 2.24) is 14.9 Å². The van der Waals surface area contributed by atoms with Crippen molar-refractivity contribution < 1.29 is 4.74 Å². The monoisotopic (exact) mass is 278 g/mol. The van der Waals surface area contributed by atoms with E-state index in [-0.39, 0.29) is 0 Å². The molecule has 0 aliphatic heterocycles. The molecule has 0 aliphatic carbocycles. The fourth-order valence-electron chi connectivity index (χ4n) is 1.67. The molecule has 0 bridgehead atoms. The van der Waals surface area contributed by atoms with Crippen molar-refractivity contribution in [2.24, 2.45) is 0 Å². The molecule has 19 heavy (non-hydrogen) atoms. The number of methoxy groups -OCH3 is 1. The third kappa shape index (κ3) is 2.85. The molecule has 0 aliphatic rings. The summed E-state index contributed by atoms with van der Waals surface area (Å²) in [5.74, 6) is 1.35. The summed E-state index contributed by atoms with van der Waals surface area (Å²) in [4.78, 5) is 13.0. The van der Waals surface area contributed by atoms with Gasteiger partial charge in [-0.05, 0) is 19.7 Å². The van der Waals surface area contributed by atoms with Crippen LogP contribution < -0.4 is 5.73 Å². The predicted octanol–water partition coefficient (Wildman–Crippen LogP) is 2.34. The lowest BCUT2D eigenvalue weighted by Gasteiger charge is -2.11. The zero-order valence-corrected chi connectivity index (χ0v) is 12.3. The third-order valence-electron chi connectivity index (χ3n) is 2.93. The van der Waals surface area contributed by atoms with Crippen LogP contribution in [-0.2, 0) is 11.3 Å². The zero-order valence-electron chi connectivity index (χ0n) is 11.4. The van der Waals surface area contributed by atoms with E-state index in [1.165, 1.54) is 4.88 Å². The lowest BCUT2D eigenvalue weighted by molar-refractivity contribution is 0.349. The number of nitrogens with zero attached hydrogens (tertiary/aromatic N) is 3. The van der Waals surface area contributed by atoms with Gasteiger partial charge in [0.2, 0.25) is 0 Å². The van der Waals surface area contributed by atoms with E-state index in [2.05, 4.69) is 41.5 Å². The topological polar surface area (TPSA) is 64.3 Å². The number of nitrogens with two attached hydrogens (primary N) is 1. The van der Waals surface area contributed by atoms with Crippen LogP contribution in [0.4, 0.5) is 5.82 Å². The summed E-state index contributed by atoms with van der Waals surface area (Å²) in [6.07, 6.45) is 0. The minimum atomic E-state index is 0.425. The Labute approximate surface area is 116 Å². The maximum Gasteiger partial charge on any atom is 0.197 e. The van der Waals surface area contributed by atoms with Gasteiger partial charge in [-0.2, -0.15) is 0 Å². The molecule has 0 saturated carbocycles. The largest absolute Gasteiger partial charge is 0.493 e. The van der Waals surface area contributed by atoms with Crippen molar-refractivity contribution in [3.05, 3.63) is 23.3 Å². The number of thiophene rings is 1. The van der Waals surface area contributed by atoms with Gasteiger partial charge in [-0.15, -0.1) is 11.3 Å². The highest BCUT2D eigenvalue weighted by atomic mass is 32.1. The number of fused-ring (bicyclic) bond motifs is 1. The van der Waals surface area contributed by atoms with Crippen molar-refractivity contribution >= 4 is 33.1 Å². The van der Waals surface area contributed by atoms with Crippen molar-refractivity contribution in [3.63, 3.8) is 0 Å². The molecular weight excluding hydrogens is 260 g/mol. The molecule has 102 valence electrons. The van der Waals surface area contributed by atoms with E-state index in [0.29, 0.717) is 17.4 Å². The highest BCUT2D eigenvalue weighted by Gasteiger charge is 2.12. The number of rotatable bonds is 5. The minimum absolute atomic E-state index is 0.425. The molecule has 2 rings (SSSR count). The molecule has 2 aromatic heterocycles. The second-order valence-electron chi connectivity index (χ2n) is 4.32. The summed E-state index contributed by atoms with van der Waals surface area (Å²) >= 11 is 1.63. The molecule has 0 saturated heterocycles. The van der Waals surface area contributed by atoms with Gasteiger partial charge in [0.05, 0.1) is 12.5 Å². The SMILES string of the molecule is C=C(OC)c1nc(N)c2cc(CN(C)CC)sc2n1. The Morgan fingerprint density at radius 3 is 2.89 bits per heavy atom. The van der Waals surface area contributed by atoms with Gasteiger partial charge < -0.3 is 15.4 Å². The Kier molecular flexibility index (Phi) is 4.01. The van der Waals surface area contributed by atoms with Gasteiger partial charge in [0.15, 0.2) is 11.6 Å². The molecule has 2 heterocycles. The lowest BCUT2D eigenvalue weighted by Crippen LogP contribution is -2.15. The first-order chi connectivity index (χ1) is 9.05. The van der Waals surface area contributed by atoms with Gasteiger partial charge in [0.25, 0.3) is 0 Å². The Balaban J connectivity index is 2.41. The van der Waals surface area contributed by atoms with Crippen LogP contribution in [0.25, 0.3) is 16.0 Å². The Morgan fingerprint density at radius 2 is 2.26 bits per heavy atom. The molecule has 0 fully saturated rings. The van der Waals surface area contributed by atoms with E-state index in [9.17, 15) is 0 Å². The van der Waals surface area contributed by atoms with Crippen molar-refractivity contribution in [2.45, 2.75) is 13.5 Å². The summed E-state index contributed by atoms with van der Waals surface area (Å²) in [6, 6.07) is 2.06. The average Bonchev–Trinajstić information content (AvgIpc) is 2.80. The van der Waals surface area contributed by atoms with Crippen molar-refractivity contribution in [2.75, 3.05) is 26.4 Å². The molecule has 0 radical (unpaired) electrons. The Morgan fingerprint density at radius 1 is 1.53 bits per heavy atom. The van der Waals surface area contributed by atoms with Crippen LogP contribution >= 0.6 is 11.3 Å². The Hall–Kier alpha value is -1.66. The second kappa shape index (κ2) is 5.54. The fourth-order valence-corrected chi connectivity index (χ4v) is 2.78. The van der Waals surface area contributed by atoms with Gasteiger partial charge in [-0.1, -0.05) is 13.5 Å².